The Morgan fingerprint density at radius 1 is 0.280 bits per heavy atom. The largest absolute Gasteiger partial charge is 0.472 e. The number of aliphatic hydroxyl groups is 1. The van der Waals surface area contributed by atoms with Gasteiger partial charge in [0.25, 0.3) is 0 Å². The lowest BCUT2D eigenvalue weighted by atomic mass is 9.99. The second-order valence-electron chi connectivity index (χ2n) is 30.4. The highest BCUT2D eigenvalue weighted by Gasteiger charge is 2.30. The van der Waals surface area contributed by atoms with E-state index < -0.39 is 97.5 Å². The van der Waals surface area contributed by atoms with Gasteiger partial charge < -0.3 is 33.8 Å². The summed E-state index contributed by atoms with van der Waals surface area (Å²) in [4.78, 5) is 73.0. The maximum Gasteiger partial charge on any atom is 0.472 e. The molecule has 17 nitrogen and oxygen atoms in total. The van der Waals surface area contributed by atoms with Gasteiger partial charge in [-0.15, -0.1) is 0 Å². The van der Waals surface area contributed by atoms with E-state index in [-0.39, 0.29) is 25.7 Å². The summed E-state index contributed by atoms with van der Waals surface area (Å²) in [7, 11) is -9.92. The standard InChI is InChI=1S/C81H158O17P2/c1-9-72(6)58-50-42-34-28-24-20-16-14-12-13-15-17-21-25-29-36-45-53-61-78(83)91-67-76(97-80(85)63-55-47-37-30-26-22-18-19-23-27-33-41-49-57-71(4)5)69-95-99(87,88)93-65-75(82)66-94-100(89,90)96-70-77(68-92-79(84)62-54-46-40-39-44-52-60-74(8)11-3)98-81(86)64-56-48-38-32-31-35-43-51-59-73(7)10-2/h71-77,82H,9-70H2,1-8H3,(H,87,88)(H,89,90)/t72?,73?,74?,75-,76-,77-/m1/s1. The van der Waals surface area contributed by atoms with Crippen LogP contribution in [-0.4, -0.2) is 96.7 Å². The van der Waals surface area contributed by atoms with Crippen molar-refractivity contribution in [2.24, 2.45) is 23.7 Å². The zero-order valence-corrected chi connectivity index (χ0v) is 67.6. The number of carbonyl (C=O) groups excluding carboxylic acids is 4. The zero-order chi connectivity index (χ0) is 73.8. The van der Waals surface area contributed by atoms with Gasteiger partial charge in [-0.3, -0.25) is 37.3 Å². The van der Waals surface area contributed by atoms with Crippen molar-refractivity contribution < 1.29 is 80.2 Å². The number of esters is 4. The summed E-state index contributed by atoms with van der Waals surface area (Å²) < 4.78 is 68.7. The first-order valence-corrected chi connectivity index (χ1v) is 44.8. The Hall–Kier alpha value is -1.94. The normalized spacial score (nSPS) is 14.8. The number of unbranched alkanes of at least 4 members (excludes halogenated alkanes) is 41. The van der Waals surface area contributed by atoms with E-state index in [1.54, 1.807) is 0 Å². The van der Waals surface area contributed by atoms with E-state index in [1.807, 2.05) is 0 Å². The summed E-state index contributed by atoms with van der Waals surface area (Å²) in [5.74, 6) is 1.04. The van der Waals surface area contributed by atoms with Gasteiger partial charge in [-0.1, -0.05) is 364 Å². The summed E-state index contributed by atoms with van der Waals surface area (Å²) in [6.45, 7) is 14.3. The molecular formula is C81H158O17P2. The summed E-state index contributed by atoms with van der Waals surface area (Å²) in [6, 6.07) is 0. The molecule has 0 bridgehead atoms. The van der Waals surface area contributed by atoms with Gasteiger partial charge in [-0.2, -0.15) is 0 Å². The molecule has 0 heterocycles. The van der Waals surface area contributed by atoms with Crippen LogP contribution in [-0.2, 0) is 65.4 Å². The summed E-state index contributed by atoms with van der Waals surface area (Å²) in [6.07, 6.45) is 56.9. The van der Waals surface area contributed by atoms with Crippen molar-refractivity contribution in [3.05, 3.63) is 0 Å². The van der Waals surface area contributed by atoms with Crippen molar-refractivity contribution in [1.29, 1.82) is 0 Å². The van der Waals surface area contributed by atoms with E-state index in [0.29, 0.717) is 25.7 Å². The number of carbonyl (C=O) groups is 4. The molecule has 0 spiro atoms. The quantitative estimate of drug-likeness (QED) is 0.0222. The number of aliphatic hydroxyl groups excluding tert-OH is 1. The van der Waals surface area contributed by atoms with Crippen LogP contribution in [0.3, 0.4) is 0 Å². The molecule has 5 unspecified atom stereocenters. The fourth-order valence-electron chi connectivity index (χ4n) is 12.3. The minimum absolute atomic E-state index is 0.104. The number of rotatable bonds is 78. The van der Waals surface area contributed by atoms with Crippen LogP contribution in [0, 0.1) is 23.7 Å². The smallest absolute Gasteiger partial charge is 0.462 e. The van der Waals surface area contributed by atoms with Gasteiger partial charge in [0.15, 0.2) is 12.2 Å². The zero-order valence-electron chi connectivity index (χ0n) is 65.8. The van der Waals surface area contributed by atoms with Crippen LogP contribution >= 0.6 is 15.6 Å². The minimum Gasteiger partial charge on any atom is -0.462 e. The average molecular weight is 1470 g/mol. The van der Waals surface area contributed by atoms with Crippen LogP contribution < -0.4 is 0 Å². The lowest BCUT2D eigenvalue weighted by molar-refractivity contribution is -0.161. The minimum atomic E-state index is -4.96. The first-order chi connectivity index (χ1) is 48.2. The topological polar surface area (TPSA) is 237 Å². The lowest BCUT2D eigenvalue weighted by Gasteiger charge is -2.21. The van der Waals surface area contributed by atoms with Crippen molar-refractivity contribution in [2.45, 2.75) is 433 Å². The van der Waals surface area contributed by atoms with Crippen LogP contribution in [0.15, 0.2) is 0 Å². The van der Waals surface area contributed by atoms with Gasteiger partial charge in [0, 0.05) is 25.7 Å². The van der Waals surface area contributed by atoms with Crippen LogP contribution in [0.1, 0.15) is 415 Å². The molecule has 0 rings (SSSR count). The third kappa shape index (κ3) is 70.4. The predicted octanol–water partition coefficient (Wildman–Crippen LogP) is 24.0. The molecule has 3 N–H and O–H groups in total. The average Bonchev–Trinajstić information content (AvgIpc) is 0.913. The van der Waals surface area contributed by atoms with Gasteiger partial charge in [-0.05, 0) is 49.4 Å². The van der Waals surface area contributed by atoms with Crippen molar-refractivity contribution in [1.82, 2.24) is 0 Å². The molecule has 0 aliphatic carbocycles. The maximum absolute atomic E-state index is 13.1. The SMILES string of the molecule is CCC(C)CCCCCCCCCCCCCCCCCCCCC(=O)OC[C@H](COP(=O)(O)OC[C@@H](O)COP(=O)(O)OC[C@@H](COC(=O)CCCCCCCCC(C)CC)OC(=O)CCCCCCCCCCC(C)CC)OC(=O)CCCCCCCCCCCCCCCC(C)C. The molecular weight excluding hydrogens is 1310 g/mol. The molecule has 0 saturated heterocycles. The number of hydrogen-bond donors (Lipinski definition) is 3. The Labute approximate surface area is 613 Å². The Morgan fingerprint density at radius 3 is 0.710 bits per heavy atom. The molecule has 0 radical (unpaired) electrons. The summed E-state index contributed by atoms with van der Waals surface area (Å²) in [5, 5.41) is 10.6. The highest BCUT2D eigenvalue weighted by Crippen LogP contribution is 2.45. The second-order valence-corrected chi connectivity index (χ2v) is 33.3. The highest BCUT2D eigenvalue weighted by molar-refractivity contribution is 7.47. The highest BCUT2D eigenvalue weighted by atomic mass is 31.2. The summed E-state index contributed by atoms with van der Waals surface area (Å²) in [5.41, 5.74) is 0. The van der Waals surface area contributed by atoms with E-state index in [9.17, 15) is 43.2 Å². The van der Waals surface area contributed by atoms with Gasteiger partial charge in [0.05, 0.1) is 26.4 Å². The van der Waals surface area contributed by atoms with E-state index in [4.69, 9.17) is 37.0 Å². The van der Waals surface area contributed by atoms with Crippen LogP contribution in [0.25, 0.3) is 0 Å². The van der Waals surface area contributed by atoms with E-state index in [1.165, 1.54) is 212 Å². The van der Waals surface area contributed by atoms with E-state index in [2.05, 4.69) is 55.4 Å². The van der Waals surface area contributed by atoms with Gasteiger partial charge in [0.1, 0.15) is 19.3 Å². The van der Waals surface area contributed by atoms with Crippen molar-refractivity contribution >= 4 is 39.5 Å². The molecule has 0 fully saturated rings. The Morgan fingerprint density at radius 2 is 0.480 bits per heavy atom. The second kappa shape index (κ2) is 70.1. The molecule has 0 aromatic heterocycles. The van der Waals surface area contributed by atoms with Crippen molar-refractivity contribution in [3.63, 3.8) is 0 Å². The lowest BCUT2D eigenvalue weighted by Crippen LogP contribution is -2.30. The van der Waals surface area contributed by atoms with E-state index in [0.717, 1.165) is 120 Å². The van der Waals surface area contributed by atoms with Gasteiger partial charge >= 0.3 is 39.5 Å². The Balaban J connectivity index is 5.21. The number of hydrogen-bond acceptors (Lipinski definition) is 15. The molecule has 19 heteroatoms. The molecule has 594 valence electrons. The number of ether oxygens (including phenoxy) is 4. The molecule has 0 aliphatic heterocycles. The van der Waals surface area contributed by atoms with Crippen LogP contribution in [0.2, 0.25) is 0 Å². The van der Waals surface area contributed by atoms with Gasteiger partial charge in [-0.25, -0.2) is 9.13 Å². The monoisotopic (exact) mass is 1470 g/mol. The molecule has 8 atom stereocenters. The molecule has 0 aromatic carbocycles. The van der Waals surface area contributed by atoms with Gasteiger partial charge in [0.2, 0.25) is 0 Å². The van der Waals surface area contributed by atoms with E-state index >= 15 is 0 Å². The summed E-state index contributed by atoms with van der Waals surface area (Å²) >= 11 is 0. The molecule has 0 saturated carbocycles. The predicted molar refractivity (Wildman–Crippen MR) is 409 cm³/mol. The molecule has 0 amide bonds. The Kier molecular flexibility index (Phi) is 68.7. The van der Waals surface area contributed by atoms with Crippen LogP contribution in [0.4, 0.5) is 0 Å². The Bertz CT molecular complexity index is 1960. The molecule has 0 aromatic rings. The first kappa shape index (κ1) is 98.1. The maximum atomic E-state index is 13.1. The number of phosphoric ester groups is 2. The third-order valence-corrected chi connectivity index (χ3v) is 21.8. The molecule has 100 heavy (non-hydrogen) atoms. The van der Waals surface area contributed by atoms with Crippen molar-refractivity contribution in [2.75, 3.05) is 39.6 Å². The number of phosphoric acid groups is 2. The third-order valence-electron chi connectivity index (χ3n) is 19.9. The van der Waals surface area contributed by atoms with Crippen LogP contribution in [0.5, 0.6) is 0 Å². The van der Waals surface area contributed by atoms with Crippen molar-refractivity contribution in [3.8, 4) is 0 Å². The molecule has 0 aliphatic rings. The fraction of sp³-hybridized carbons (Fsp3) is 0.951. The fourth-order valence-corrected chi connectivity index (χ4v) is 13.9. The first-order valence-electron chi connectivity index (χ1n) is 41.8.